The number of amides is 1. The number of nitrogens with zero attached hydrogens (tertiary/aromatic N) is 1. The van der Waals surface area contributed by atoms with Gasteiger partial charge in [0.2, 0.25) is 5.91 Å². The van der Waals surface area contributed by atoms with Crippen molar-refractivity contribution in [3.05, 3.63) is 34.1 Å². The van der Waals surface area contributed by atoms with Gasteiger partial charge in [0.25, 0.3) is 0 Å². The van der Waals surface area contributed by atoms with E-state index in [-0.39, 0.29) is 16.7 Å². The van der Waals surface area contributed by atoms with Gasteiger partial charge in [0, 0.05) is 38.8 Å². The van der Waals surface area contributed by atoms with Crippen LogP contribution in [0.15, 0.2) is 12.1 Å². The van der Waals surface area contributed by atoms with Crippen LogP contribution in [0.1, 0.15) is 42.7 Å². The third kappa shape index (κ3) is 4.08. The van der Waals surface area contributed by atoms with E-state index in [1.54, 1.807) is 12.1 Å². The van der Waals surface area contributed by atoms with Crippen molar-refractivity contribution in [2.75, 3.05) is 26.3 Å². The topological polar surface area (TPSA) is 44.4 Å². The molecule has 0 spiro atoms. The van der Waals surface area contributed by atoms with Gasteiger partial charge >= 0.3 is 0 Å². The first-order valence-corrected chi connectivity index (χ1v) is 9.10. The molecular formula is C18H25ClFN3O. The normalized spacial score (nSPS) is 22.1. The van der Waals surface area contributed by atoms with Crippen molar-refractivity contribution in [3.63, 3.8) is 0 Å². The molecule has 1 aromatic rings. The van der Waals surface area contributed by atoms with Crippen LogP contribution < -0.4 is 10.6 Å². The Labute approximate surface area is 147 Å². The van der Waals surface area contributed by atoms with Gasteiger partial charge in [0.05, 0.1) is 5.02 Å². The van der Waals surface area contributed by atoms with E-state index in [4.69, 9.17) is 11.6 Å². The first-order chi connectivity index (χ1) is 11.5. The Bertz CT molecular complexity index is 596. The zero-order valence-electron chi connectivity index (χ0n) is 14.1. The molecular weight excluding hydrogens is 329 g/mol. The minimum atomic E-state index is -0.353. The molecule has 4 nitrogen and oxygen atoms in total. The number of benzene rings is 1. The molecule has 0 saturated carbocycles. The Hall–Kier alpha value is -1.17. The summed E-state index contributed by atoms with van der Waals surface area (Å²) in [5.74, 6) is 0.191. The van der Waals surface area contributed by atoms with Gasteiger partial charge in [-0.15, -0.1) is 0 Å². The quantitative estimate of drug-likeness (QED) is 0.874. The van der Waals surface area contributed by atoms with E-state index in [1.165, 1.54) is 0 Å². The number of carbonyl (C=O) groups is 1. The first kappa shape index (κ1) is 17.6. The van der Waals surface area contributed by atoms with Crippen LogP contribution in [-0.2, 0) is 4.79 Å². The van der Waals surface area contributed by atoms with E-state index in [9.17, 15) is 9.18 Å². The van der Waals surface area contributed by atoms with Crippen LogP contribution in [0.25, 0.3) is 0 Å². The minimum Gasteiger partial charge on any atom is -0.343 e. The lowest BCUT2D eigenvalue weighted by molar-refractivity contribution is -0.132. The number of likely N-dealkylation sites (tertiary alicyclic amines) is 1. The lowest BCUT2D eigenvalue weighted by Crippen LogP contribution is -2.38. The summed E-state index contributed by atoms with van der Waals surface area (Å²) < 4.78 is 13.8. The molecule has 1 amide bonds. The maximum absolute atomic E-state index is 13.8. The lowest BCUT2D eigenvalue weighted by Gasteiger charge is -2.33. The van der Waals surface area contributed by atoms with E-state index in [0.717, 1.165) is 56.7 Å². The van der Waals surface area contributed by atoms with Gasteiger partial charge in [-0.1, -0.05) is 11.6 Å². The molecule has 2 aliphatic heterocycles. The van der Waals surface area contributed by atoms with Crippen molar-refractivity contribution < 1.29 is 9.18 Å². The van der Waals surface area contributed by atoms with Crippen LogP contribution in [0.5, 0.6) is 0 Å². The Morgan fingerprint density at radius 2 is 2.12 bits per heavy atom. The number of rotatable bonds is 4. The average molecular weight is 354 g/mol. The van der Waals surface area contributed by atoms with Crippen molar-refractivity contribution >= 4 is 17.5 Å². The molecule has 2 heterocycles. The van der Waals surface area contributed by atoms with Gasteiger partial charge < -0.3 is 15.5 Å². The van der Waals surface area contributed by atoms with Gasteiger partial charge in [-0.25, -0.2) is 4.39 Å². The summed E-state index contributed by atoms with van der Waals surface area (Å²) in [5.41, 5.74) is 2.07. The summed E-state index contributed by atoms with van der Waals surface area (Å²) in [4.78, 5) is 14.3. The average Bonchev–Trinajstić information content (AvgIpc) is 3.10. The number of carbonyl (C=O) groups excluding carboxylic acids is 1. The smallest absolute Gasteiger partial charge is 0.222 e. The Kier molecular flexibility index (Phi) is 5.74. The van der Waals surface area contributed by atoms with Crippen molar-refractivity contribution in [3.8, 4) is 0 Å². The molecule has 0 bridgehead atoms. The summed E-state index contributed by atoms with van der Waals surface area (Å²) in [6.45, 7) is 5.26. The monoisotopic (exact) mass is 353 g/mol. The number of halogens is 2. The molecule has 3 rings (SSSR count). The van der Waals surface area contributed by atoms with Gasteiger partial charge in [-0.2, -0.15) is 0 Å². The number of piperidine rings is 1. The predicted molar refractivity (Wildman–Crippen MR) is 93.7 cm³/mol. The fourth-order valence-corrected chi connectivity index (χ4v) is 3.95. The Morgan fingerprint density at radius 1 is 1.38 bits per heavy atom. The first-order valence-electron chi connectivity index (χ1n) is 8.72. The predicted octanol–water partition coefficient (Wildman–Crippen LogP) is 2.79. The van der Waals surface area contributed by atoms with E-state index in [2.05, 4.69) is 10.6 Å². The summed E-state index contributed by atoms with van der Waals surface area (Å²) in [6, 6.07) is 3.68. The third-order valence-corrected chi connectivity index (χ3v) is 5.50. The summed E-state index contributed by atoms with van der Waals surface area (Å²) >= 11 is 5.84. The molecule has 0 radical (unpaired) electrons. The molecule has 1 aromatic carbocycles. The molecule has 24 heavy (non-hydrogen) atoms. The largest absolute Gasteiger partial charge is 0.343 e. The number of nitrogens with one attached hydrogen (secondary N) is 2. The fourth-order valence-electron chi connectivity index (χ4n) is 3.74. The van der Waals surface area contributed by atoms with E-state index in [1.807, 2.05) is 11.8 Å². The van der Waals surface area contributed by atoms with E-state index < -0.39 is 0 Å². The van der Waals surface area contributed by atoms with Crippen molar-refractivity contribution in [1.82, 2.24) is 15.5 Å². The highest BCUT2D eigenvalue weighted by molar-refractivity contribution is 6.30. The highest BCUT2D eigenvalue weighted by Gasteiger charge is 2.26. The maximum Gasteiger partial charge on any atom is 0.222 e. The number of hydrogen-bond donors (Lipinski definition) is 2. The molecule has 2 saturated heterocycles. The minimum absolute atomic E-state index is 0.180. The third-order valence-electron chi connectivity index (χ3n) is 5.21. The molecule has 132 valence electrons. The summed E-state index contributed by atoms with van der Waals surface area (Å²) in [6.07, 6.45) is 3.25. The number of hydrogen-bond acceptors (Lipinski definition) is 3. The van der Waals surface area contributed by atoms with Crippen LogP contribution in [0.4, 0.5) is 4.39 Å². The van der Waals surface area contributed by atoms with Crippen LogP contribution in [-0.4, -0.2) is 43.2 Å². The molecule has 2 aliphatic rings. The molecule has 1 atom stereocenters. The molecule has 0 aliphatic carbocycles. The van der Waals surface area contributed by atoms with Gasteiger partial charge in [0.15, 0.2) is 0 Å². The fraction of sp³-hybridized carbons (Fsp3) is 0.611. The summed E-state index contributed by atoms with van der Waals surface area (Å²) in [7, 11) is 0. The Balaban J connectivity index is 1.51. The zero-order chi connectivity index (χ0) is 17.1. The van der Waals surface area contributed by atoms with Crippen molar-refractivity contribution in [2.24, 2.45) is 0 Å². The second-order valence-corrected chi connectivity index (χ2v) is 7.26. The van der Waals surface area contributed by atoms with Crippen LogP contribution in [0, 0.1) is 12.7 Å². The highest BCUT2D eigenvalue weighted by atomic mass is 35.5. The van der Waals surface area contributed by atoms with Crippen LogP contribution in [0.3, 0.4) is 0 Å². The summed E-state index contributed by atoms with van der Waals surface area (Å²) in [5, 5.41) is 6.75. The SMILES string of the molecule is Cc1cc(Cl)c(F)cc1C1CCN(C(=O)CC[C@@H]2CNCN2)CC1. The van der Waals surface area contributed by atoms with E-state index >= 15 is 0 Å². The van der Waals surface area contributed by atoms with Crippen molar-refractivity contribution in [1.29, 1.82) is 0 Å². The maximum atomic E-state index is 13.8. The molecule has 6 heteroatoms. The highest BCUT2D eigenvalue weighted by Crippen LogP contribution is 2.33. The standard InChI is InChI=1S/C18H25ClFN3O/c1-12-8-16(19)17(20)9-15(12)13-4-6-23(7-5-13)18(24)3-2-14-10-21-11-22-14/h8-9,13-14,21-22H,2-7,10-11H2,1H3/t14-/m1/s1. The molecule has 2 N–H and O–H groups in total. The second kappa shape index (κ2) is 7.81. The van der Waals surface area contributed by atoms with Crippen molar-refractivity contribution in [2.45, 2.75) is 44.6 Å². The van der Waals surface area contributed by atoms with Crippen LogP contribution >= 0.6 is 11.6 Å². The molecule has 0 aromatic heterocycles. The molecule has 2 fully saturated rings. The van der Waals surface area contributed by atoms with Gasteiger partial charge in [0.1, 0.15) is 5.82 Å². The second-order valence-electron chi connectivity index (χ2n) is 6.85. The van der Waals surface area contributed by atoms with Crippen LogP contribution in [0.2, 0.25) is 5.02 Å². The number of aryl methyl sites for hydroxylation is 1. The molecule has 0 unspecified atom stereocenters. The van der Waals surface area contributed by atoms with Gasteiger partial charge in [-0.05, 0) is 55.4 Å². The zero-order valence-corrected chi connectivity index (χ0v) is 14.8. The van der Waals surface area contributed by atoms with E-state index in [0.29, 0.717) is 18.4 Å². The Morgan fingerprint density at radius 3 is 2.79 bits per heavy atom. The lowest BCUT2D eigenvalue weighted by atomic mass is 9.86. The van der Waals surface area contributed by atoms with Gasteiger partial charge in [-0.3, -0.25) is 4.79 Å².